The number of imidazole rings is 1. The number of carbonyl (C=O) groups excluding carboxylic acids is 1. The van der Waals surface area contributed by atoms with Crippen molar-refractivity contribution in [3.05, 3.63) is 76.0 Å². The number of pyridine rings is 1. The molecule has 164 valence electrons. The van der Waals surface area contributed by atoms with Crippen LogP contribution in [0.5, 0.6) is 0 Å². The van der Waals surface area contributed by atoms with Crippen molar-refractivity contribution in [3.8, 4) is 0 Å². The van der Waals surface area contributed by atoms with E-state index in [9.17, 15) is 19.1 Å². The molecule has 0 spiro atoms. The fourth-order valence-electron chi connectivity index (χ4n) is 3.07. The second-order valence-electron chi connectivity index (χ2n) is 6.90. The number of aromatic nitrogens is 4. The van der Waals surface area contributed by atoms with Gasteiger partial charge >= 0.3 is 6.09 Å². The number of thiazole rings is 1. The molecule has 3 aromatic heterocycles. The van der Waals surface area contributed by atoms with E-state index in [2.05, 4.69) is 25.3 Å². The fraction of sp³-hybridized carbons (Fsp3) is 0.190. The molecule has 9 nitrogen and oxygen atoms in total. The summed E-state index contributed by atoms with van der Waals surface area (Å²) < 4.78 is 13.6. The predicted octanol–water partition coefficient (Wildman–Crippen LogP) is 3.21. The Morgan fingerprint density at radius 2 is 2.03 bits per heavy atom. The van der Waals surface area contributed by atoms with Crippen molar-refractivity contribution in [2.45, 2.75) is 19.5 Å². The van der Waals surface area contributed by atoms with E-state index in [-0.39, 0.29) is 31.0 Å². The van der Waals surface area contributed by atoms with E-state index in [1.54, 1.807) is 5.38 Å². The Labute approximate surface area is 186 Å². The highest BCUT2D eigenvalue weighted by molar-refractivity contribution is 7.09. The van der Waals surface area contributed by atoms with Crippen molar-refractivity contribution in [3.63, 3.8) is 0 Å². The first-order valence-electron chi connectivity index (χ1n) is 9.73. The molecule has 3 N–H and O–H groups in total. The van der Waals surface area contributed by atoms with Crippen LogP contribution < -0.4 is 5.32 Å². The van der Waals surface area contributed by atoms with E-state index in [1.807, 2.05) is 24.3 Å². The maximum atomic E-state index is 13.6. The van der Waals surface area contributed by atoms with E-state index in [0.29, 0.717) is 17.3 Å². The van der Waals surface area contributed by atoms with E-state index in [0.717, 1.165) is 11.0 Å². The summed E-state index contributed by atoms with van der Waals surface area (Å²) in [5.74, 6) is -0.394. The third-order valence-electron chi connectivity index (χ3n) is 4.68. The van der Waals surface area contributed by atoms with Crippen molar-refractivity contribution >= 4 is 34.4 Å². The average Bonchev–Trinajstić information content (AvgIpc) is 3.42. The summed E-state index contributed by atoms with van der Waals surface area (Å²) in [4.78, 5) is 40.9. The summed E-state index contributed by atoms with van der Waals surface area (Å²) in [7, 11) is 0. The van der Waals surface area contributed by atoms with Crippen LogP contribution >= 0.6 is 11.3 Å². The molecule has 4 aromatic rings. The number of aromatic amines is 1. The fourth-order valence-corrected chi connectivity index (χ4v) is 3.83. The van der Waals surface area contributed by atoms with E-state index in [1.165, 1.54) is 34.6 Å². The van der Waals surface area contributed by atoms with Crippen LogP contribution in [0.1, 0.15) is 27.0 Å². The minimum Gasteiger partial charge on any atom is -0.465 e. The Morgan fingerprint density at radius 3 is 2.81 bits per heavy atom. The molecule has 32 heavy (non-hydrogen) atoms. The van der Waals surface area contributed by atoms with Gasteiger partial charge in [-0.1, -0.05) is 12.1 Å². The highest BCUT2D eigenvalue weighted by atomic mass is 32.1. The number of H-pyrrole nitrogens is 1. The Hall–Kier alpha value is -3.86. The summed E-state index contributed by atoms with van der Waals surface area (Å²) in [6.45, 7) is 0.251. The molecule has 0 saturated heterocycles. The number of hydrogen-bond donors (Lipinski definition) is 3. The second kappa shape index (κ2) is 9.52. The van der Waals surface area contributed by atoms with E-state index < -0.39 is 17.8 Å². The summed E-state index contributed by atoms with van der Waals surface area (Å²) in [6.07, 6.45) is 0.724. The van der Waals surface area contributed by atoms with Gasteiger partial charge in [-0.3, -0.25) is 9.78 Å². The van der Waals surface area contributed by atoms with Crippen LogP contribution in [0.4, 0.5) is 9.18 Å². The predicted molar refractivity (Wildman–Crippen MR) is 116 cm³/mol. The molecule has 4 rings (SSSR count). The summed E-state index contributed by atoms with van der Waals surface area (Å²) in [5, 5.41) is 14.3. The van der Waals surface area contributed by atoms with Gasteiger partial charge in [-0.05, 0) is 24.3 Å². The highest BCUT2D eigenvalue weighted by Crippen LogP contribution is 2.14. The zero-order chi connectivity index (χ0) is 22.5. The number of nitrogens with one attached hydrogen (secondary N) is 2. The van der Waals surface area contributed by atoms with Crippen molar-refractivity contribution in [1.29, 1.82) is 0 Å². The average molecular weight is 454 g/mol. The molecule has 0 unspecified atom stereocenters. The number of halogens is 1. The first-order chi connectivity index (χ1) is 15.5. The molecule has 0 radical (unpaired) electrons. The summed E-state index contributed by atoms with van der Waals surface area (Å²) >= 11 is 1.26. The lowest BCUT2D eigenvalue weighted by Crippen LogP contribution is -2.31. The molecule has 0 aliphatic carbocycles. The Kier molecular flexibility index (Phi) is 6.36. The van der Waals surface area contributed by atoms with Gasteiger partial charge in [0.1, 0.15) is 17.3 Å². The van der Waals surface area contributed by atoms with Gasteiger partial charge in [0.25, 0.3) is 5.91 Å². The molecule has 0 aliphatic rings. The first kappa shape index (κ1) is 21.4. The lowest BCUT2D eigenvalue weighted by atomic mass is 10.3. The summed E-state index contributed by atoms with van der Waals surface area (Å²) in [5.41, 5.74) is 1.95. The number of hydrogen-bond acceptors (Lipinski definition) is 6. The first-order valence-corrected chi connectivity index (χ1v) is 10.6. The largest absolute Gasteiger partial charge is 0.465 e. The van der Waals surface area contributed by atoms with Gasteiger partial charge in [-0.2, -0.15) is 0 Å². The number of para-hydroxylation sites is 2. The molecule has 11 heteroatoms. The Morgan fingerprint density at radius 1 is 1.19 bits per heavy atom. The molecule has 0 saturated carbocycles. The zero-order valence-electron chi connectivity index (χ0n) is 16.8. The number of carboxylic acid groups (broad SMARTS) is 1. The molecule has 3 heterocycles. The molecule has 0 aliphatic heterocycles. The maximum absolute atomic E-state index is 13.6. The Bertz CT molecular complexity index is 1220. The summed E-state index contributed by atoms with van der Waals surface area (Å²) in [6, 6.07) is 10.2. The normalized spacial score (nSPS) is 10.9. The van der Waals surface area contributed by atoms with Gasteiger partial charge < -0.3 is 20.3 Å². The van der Waals surface area contributed by atoms with Gasteiger partial charge in [0.05, 0.1) is 34.8 Å². The third-order valence-corrected chi connectivity index (χ3v) is 5.59. The van der Waals surface area contributed by atoms with Gasteiger partial charge in [0.15, 0.2) is 0 Å². The van der Waals surface area contributed by atoms with Crippen molar-refractivity contribution in [1.82, 2.24) is 30.2 Å². The number of carbonyl (C=O) groups is 2. The van der Waals surface area contributed by atoms with Crippen LogP contribution in [0, 0.1) is 5.82 Å². The van der Waals surface area contributed by atoms with Crippen LogP contribution in [-0.4, -0.2) is 48.5 Å². The van der Waals surface area contributed by atoms with Crippen LogP contribution in [0.3, 0.4) is 0 Å². The molecular weight excluding hydrogens is 435 g/mol. The monoisotopic (exact) mass is 454 g/mol. The van der Waals surface area contributed by atoms with Crippen molar-refractivity contribution in [2.24, 2.45) is 0 Å². The Balaban J connectivity index is 1.33. The van der Waals surface area contributed by atoms with Crippen LogP contribution in [-0.2, 0) is 19.5 Å². The molecule has 1 aromatic carbocycles. The van der Waals surface area contributed by atoms with Crippen molar-refractivity contribution in [2.75, 3.05) is 6.54 Å². The lowest BCUT2D eigenvalue weighted by Gasteiger charge is -2.17. The van der Waals surface area contributed by atoms with Crippen LogP contribution in [0.15, 0.2) is 48.0 Å². The zero-order valence-corrected chi connectivity index (χ0v) is 17.6. The number of rotatable bonds is 8. The SMILES string of the molecule is O=C(NCc1ncccc1F)c1csc(CCN(Cc2nc3ccccc3[nH]2)C(=O)O)n1. The minimum absolute atomic E-state index is 0.0529. The minimum atomic E-state index is -1.07. The topological polar surface area (TPSA) is 124 Å². The molecule has 0 fully saturated rings. The second-order valence-corrected chi connectivity index (χ2v) is 7.84. The molecule has 0 bridgehead atoms. The standard InChI is InChI=1S/C21H19FN6O3S/c22-13-4-3-8-23-16(13)10-24-20(29)17-12-32-19(27-17)7-9-28(21(30)31)11-18-25-14-5-1-2-6-15(14)26-18/h1-6,8,12H,7,9-11H2,(H,24,29)(H,25,26)(H,30,31). The molecular formula is C21H19FN6O3S. The maximum Gasteiger partial charge on any atom is 0.407 e. The smallest absolute Gasteiger partial charge is 0.407 e. The lowest BCUT2D eigenvalue weighted by molar-refractivity contribution is 0.0945. The van der Waals surface area contributed by atoms with E-state index >= 15 is 0 Å². The molecule has 0 atom stereocenters. The quantitative estimate of drug-likeness (QED) is 0.376. The van der Waals surface area contributed by atoms with Gasteiger partial charge in [-0.25, -0.2) is 19.2 Å². The van der Waals surface area contributed by atoms with Gasteiger partial charge in [0.2, 0.25) is 0 Å². The van der Waals surface area contributed by atoms with E-state index in [4.69, 9.17) is 0 Å². The van der Waals surface area contributed by atoms with Crippen LogP contribution in [0.2, 0.25) is 0 Å². The van der Waals surface area contributed by atoms with Crippen molar-refractivity contribution < 1.29 is 19.1 Å². The number of benzene rings is 1. The highest BCUT2D eigenvalue weighted by Gasteiger charge is 2.17. The number of amides is 2. The molecule has 2 amide bonds. The number of fused-ring (bicyclic) bond motifs is 1. The third kappa shape index (κ3) is 5.06. The van der Waals surface area contributed by atoms with Crippen LogP contribution in [0.25, 0.3) is 11.0 Å². The number of nitrogens with zero attached hydrogens (tertiary/aromatic N) is 4. The van der Waals surface area contributed by atoms with Gasteiger partial charge in [-0.15, -0.1) is 11.3 Å². The van der Waals surface area contributed by atoms with Gasteiger partial charge in [0, 0.05) is 24.5 Å².